The Morgan fingerprint density at radius 3 is 2.61 bits per heavy atom. The lowest BCUT2D eigenvalue weighted by Crippen LogP contribution is -2.32. The van der Waals surface area contributed by atoms with Gasteiger partial charge in [-0.15, -0.1) is 5.10 Å². The van der Waals surface area contributed by atoms with Crippen molar-refractivity contribution >= 4 is 11.8 Å². The van der Waals surface area contributed by atoms with Crippen molar-refractivity contribution in [3.8, 4) is 6.07 Å². The molecule has 0 atom stereocenters. The van der Waals surface area contributed by atoms with Gasteiger partial charge in [0, 0.05) is 6.54 Å². The number of anilines is 1. The van der Waals surface area contributed by atoms with Gasteiger partial charge in [-0.25, -0.2) is 0 Å². The number of aryl methyl sites for hydroxylation is 1. The molecule has 0 aliphatic rings. The number of carbonyl (C=O) groups is 1. The van der Waals surface area contributed by atoms with Crippen LogP contribution in [0.1, 0.15) is 23.7 Å². The molecule has 0 radical (unpaired) electrons. The van der Waals surface area contributed by atoms with E-state index in [1.54, 1.807) is 11.8 Å². The van der Waals surface area contributed by atoms with Crippen molar-refractivity contribution < 1.29 is 9.53 Å². The Hall–Kier alpha value is -2.16. The predicted octanol–water partition coefficient (Wildman–Crippen LogP) is 0.964. The van der Waals surface area contributed by atoms with Crippen LogP contribution >= 0.6 is 0 Å². The highest BCUT2D eigenvalue weighted by molar-refractivity contribution is 5.76. The number of nitriles is 1. The van der Waals surface area contributed by atoms with Crippen molar-refractivity contribution in [3.63, 3.8) is 0 Å². The summed E-state index contributed by atoms with van der Waals surface area (Å²) >= 11 is 0. The average molecular weight is 248 g/mol. The number of methoxy groups -OCH3 is 1. The standard InChI is InChI=1S/C12H16N4O2/c1-5-16(7-11(17)18-4)12-10(6-13)8(2)9(3)14-15-12/h5,7H2,1-4H3. The number of likely N-dealkylation sites (N-methyl/N-ethyl adjacent to an activating group) is 1. The number of carbonyl (C=O) groups excluding carboxylic acids is 1. The van der Waals surface area contributed by atoms with E-state index in [4.69, 9.17) is 0 Å². The van der Waals surface area contributed by atoms with E-state index < -0.39 is 0 Å². The highest BCUT2D eigenvalue weighted by atomic mass is 16.5. The summed E-state index contributed by atoms with van der Waals surface area (Å²) in [5, 5.41) is 17.2. The summed E-state index contributed by atoms with van der Waals surface area (Å²) in [6.45, 7) is 6.09. The van der Waals surface area contributed by atoms with Crippen molar-refractivity contribution in [2.75, 3.05) is 25.1 Å². The first-order valence-corrected chi connectivity index (χ1v) is 5.60. The third kappa shape index (κ3) is 2.74. The van der Waals surface area contributed by atoms with E-state index in [-0.39, 0.29) is 12.5 Å². The Bertz CT molecular complexity index is 494. The van der Waals surface area contributed by atoms with Crippen LogP contribution in [0, 0.1) is 25.2 Å². The molecule has 1 heterocycles. The van der Waals surface area contributed by atoms with Gasteiger partial charge < -0.3 is 9.64 Å². The van der Waals surface area contributed by atoms with Crippen LogP contribution in [-0.2, 0) is 9.53 Å². The summed E-state index contributed by atoms with van der Waals surface area (Å²) in [4.78, 5) is 13.0. The van der Waals surface area contributed by atoms with Crippen molar-refractivity contribution in [3.05, 3.63) is 16.8 Å². The van der Waals surface area contributed by atoms with Gasteiger partial charge in [0.1, 0.15) is 18.2 Å². The van der Waals surface area contributed by atoms with Crippen LogP contribution in [0.2, 0.25) is 0 Å². The van der Waals surface area contributed by atoms with Gasteiger partial charge in [-0.2, -0.15) is 10.4 Å². The number of rotatable bonds is 4. The number of hydrogen-bond acceptors (Lipinski definition) is 6. The predicted molar refractivity (Wildman–Crippen MR) is 66.1 cm³/mol. The quantitative estimate of drug-likeness (QED) is 0.738. The second-order valence-corrected chi connectivity index (χ2v) is 3.81. The molecule has 0 amide bonds. The minimum atomic E-state index is -0.374. The van der Waals surface area contributed by atoms with Gasteiger partial charge in [0.25, 0.3) is 0 Å². The molecule has 0 bridgehead atoms. The number of aromatic nitrogens is 2. The maximum absolute atomic E-state index is 11.3. The minimum absolute atomic E-state index is 0.0544. The zero-order chi connectivity index (χ0) is 13.7. The van der Waals surface area contributed by atoms with Gasteiger partial charge in [-0.3, -0.25) is 4.79 Å². The van der Waals surface area contributed by atoms with Crippen LogP contribution in [-0.4, -0.2) is 36.4 Å². The van der Waals surface area contributed by atoms with Crippen LogP contribution < -0.4 is 4.90 Å². The molecule has 96 valence electrons. The third-order valence-electron chi connectivity index (χ3n) is 2.78. The van der Waals surface area contributed by atoms with Crippen LogP contribution in [0.3, 0.4) is 0 Å². The molecule has 0 aliphatic heterocycles. The van der Waals surface area contributed by atoms with Crippen molar-refractivity contribution in [1.82, 2.24) is 10.2 Å². The van der Waals surface area contributed by atoms with Crippen molar-refractivity contribution in [2.45, 2.75) is 20.8 Å². The second kappa shape index (κ2) is 5.96. The molecular weight excluding hydrogens is 232 g/mol. The molecule has 0 N–H and O–H groups in total. The number of ether oxygens (including phenoxy) is 1. The lowest BCUT2D eigenvalue weighted by Gasteiger charge is -2.21. The number of nitrogens with zero attached hydrogens (tertiary/aromatic N) is 4. The van der Waals surface area contributed by atoms with E-state index in [1.165, 1.54) is 7.11 Å². The minimum Gasteiger partial charge on any atom is -0.468 e. The lowest BCUT2D eigenvalue weighted by atomic mass is 10.1. The van der Waals surface area contributed by atoms with E-state index in [2.05, 4.69) is 21.0 Å². The van der Waals surface area contributed by atoms with Crippen molar-refractivity contribution in [1.29, 1.82) is 5.26 Å². The molecule has 0 aliphatic carbocycles. The van der Waals surface area contributed by atoms with Gasteiger partial charge in [0.05, 0.1) is 12.8 Å². The first-order chi connectivity index (χ1) is 8.54. The molecular formula is C12H16N4O2. The Morgan fingerprint density at radius 1 is 1.44 bits per heavy atom. The molecule has 0 saturated heterocycles. The Kier molecular flexibility index (Phi) is 4.60. The van der Waals surface area contributed by atoms with E-state index in [0.29, 0.717) is 23.6 Å². The highest BCUT2D eigenvalue weighted by Crippen LogP contribution is 2.20. The molecule has 6 heteroatoms. The van der Waals surface area contributed by atoms with Gasteiger partial charge in [0.15, 0.2) is 5.82 Å². The van der Waals surface area contributed by atoms with E-state index in [0.717, 1.165) is 5.56 Å². The van der Waals surface area contributed by atoms with Crippen molar-refractivity contribution in [2.24, 2.45) is 0 Å². The zero-order valence-electron chi connectivity index (χ0n) is 11.0. The first-order valence-electron chi connectivity index (χ1n) is 5.60. The maximum Gasteiger partial charge on any atom is 0.325 e. The van der Waals surface area contributed by atoms with Crippen LogP contribution in [0.15, 0.2) is 0 Å². The molecule has 0 spiro atoms. The maximum atomic E-state index is 11.3. The average Bonchev–Trinajstić information content (AvgIpc) is 2.38. The normalized spacial score (nSPS) is 9.72. The van der Waals surface area contributed by atoms with Gasteiger partial charge in [-0.05, 0) is 26.3 Å². The Balaban J connectivity index is 3.18. The molecule has 0 fully saturated rings. The molecule has 1 aromatic heterocycles. The smallest absolute Gasteiger partial charge is 0.325 e. The van der Waals surface area contributed by atoms with Crippen LogP contribution in [0.5, 0.6) is 0 Å². The van der Waals surface area contributed by atoms with Crippen LogP contribution in [0.25, 0.3) is 0 Å². The summed E-state index contributed by atoms with van der Waals surface area (Å²) < 4.78 is 4.62. The van der Waals surface area contributed by atoms with E-state index in [1.807, 2.05) is 13.8 Å². The largest absolute Gasteiger partial charge is 0.468 e. The Labute approximate surface area is 106 Å². The summed E-state index contributed by atoms with van der Waals surface area (Å²) in [6.07, 6.45) is 0. The molecule has 0 saturated carbocycles. The molecule has 6 nitrogen and oxygen atoms in total. The first kappa shape index (κ1) is 13.9. The van der Waals surface area contributed by atoms with Gasteiger partial charge in [-0.1, -0.05) is 0 Å². The molecule has 0 aromatic carbocycles. The fourth-order valence-electron chi connectivity index (χ4n) is 1.51. The van der Waals surface area contributed by atoms with E-state index in [9.17, 15) is 10.1 Å². The van der Waals surface area contributed by atoms with Gasteiger partial charge >= 0.3 is 5.97 Å². The highest BCUT2D eigenvalue weighted by Gasteiger charge is 2.18. The summed E-state index contributed by atoms with van der Waals surface area (Å²) in [7, 11) is 1.33. The second-order valence-electron chi connectivity index (χ2n) is 3.81. The summed E-state index contributed by atoms with van der Waals surface area (Å²) in [5.74, 6) is 0.0502. The fraction of sp³-hybridized carbons (Fsp3) is 0.500. The zero-order valence-corrected chi connectivity index (χ0v) is 11.0. The number of esters is 1. The Morgan fingerprint density at radius 2 is 2.11 bits per heavy atom. The lowest BCUT2D eigenvalue weighted by molar-refractivity contribution is -0.138. The molecule has 18 heavy (non-hydrogen) atoms. The fourth-order valence-corrected chi connectivity index (χ4v) is 1.51. The number of hydrogen-bond donors (Lipinski definition) is 0. The summed E-state index contributed by atoms with van der Waals surface area (Å²) in [6, 6.07) is 2.11. The monoisotopic (exact) mass is 248 g/mol. The molecule has 0 unspecified atom stereocenters. The SMILES string of the molecule is CCN(CC(=O)OC)c1nnc(C)c(C)c1C#N. The van der Waals surface area contributed by atoms with E-state index >= 15 is 0 Å². The topological polar surface area (TPSA) is 79.1 Å². The van der Waals surface area contributed by atoms with Crippen LogP contribution in [0.4, 0.5) is 5.82 Å². The molecule has 1 aromatic rings. The van der Waals surface area contributed by atoms with Gasteiger partial charge in [0.2, 0.25) is 0 Å². The molecule has 1 rings (SSSR count). The third-order valence-corrected chi connectivity index (χ3v) is 2.78. The summed E-state index contributed by atoms with van der Waals surface area (Å²) in [5.41, 5.74) is 1.95.